The van der Waals surface area contributed by atoms with Gasteiger partial charge in [0.1, 0.15) is 0 Å². The van der Waals surface area contributed by atoms with E-state index in [1.807, 2.05) is 0 Å². The molecule has 0 saturated carbocycles. The van der Waals surface area contributed by atoms with E-state index in [1.54, 1.807) is 0 Å². The average molecular weight is 172 g/mol. The van der Waals surface area contributed by atoms with Gasteiger partial charge in [-0.1, -0.05) is 6.92 Å². The topological polar surface area (TPSA) is 74.6 Å². The van der Waals surface area contributed by atoms with Crippen LogP contribution in [0.3, 0.4) is 0 Å². The fourth-order valence-corrected chi connectivity index (χ4v) is 0.349. The zero-order valence-electron chi connectivity index (χ0n) is 7.00. The second-order valence-electron chi connectivity index (χ2n) is 1.84. The molecular formula is C5H9KO4. The van der Waals surface area contributed by atoms with Crippen molar-refractivity contribution in [1.82, 2.24) is 0 Å². The van der Waals surface area contributed by atoms with Crippen molar-refractivity contribution >= 4 is 11.9 Å². The van der Waals surface area contributed by atoms with E-state index >= 15 is 0 Å². The van der Waals surface area contributed by atoms with Gasteiger partial charge < -0.3 is 11.6 Å². The van der Waals surface area contributed by atoms with Crippen LogP contribution in [0.5, 0.6) is 0 Å². The first-order valence-corrected chi connectivity index (χ1v) is 2.48. The van der Waals surface area contributed by atoms with Crippen LogP contribution >= 0.6 is 0 Å². The van der Waals surface area contributed by atoms with E-state index in [9.17, 15) is 9.59 Å². The zero-order valence-corrected chi connectivity index (χ0v) is 9.12. The molecule has 0 saturated heterocycles. The number of hydrogen-bond acceptors (Lipinski definition) is 2. The molecule has 1 atom stereocenters. The van der Waals surface area contributed by atoms with Crippen molar-refractivity contribution in [3.8, 4) is 0 Å². The molecule has 0 bridgehead atoms. The van der Waals surface area contributed by atoms with Crippen LogP contribution in [0.25, 0.3) is 0 Å². The van der Waals surface area contributed by atoms with Crippen molar-refractivity contribution in [2.45, 2.75) is 13.3 Å². The molecule has 4 nitrogen and oxygen atoms in total. The molecular weight excluding hydrogens is 163 g/mol. The van der Waals surface area contributed by atoms with Gasteiger partial charge in [0.2, 0.25) is 0 Å². The van der Waals surface area contributed by atoms with E-state index < -0.39 is 17.9 Å². The summed E-state index contributed by atoms with van der Waals surface area (Å²) in [6, 6.07) is 0. The van der Waals surface area contributed by atoms with Crippen LogP contribution in [0.15, 0.2) is 0 Å². The van der Waals surface area contributed by atoms with E-state index in [1.165, 1.54) is 6.92 Å². The van der Waals surface area contributed by atoms with Crippen LogP contribution in [0.1, 0.15) is 14.8 Å². The summed E-state index contributed by atoms with van der Waals surface area (Å²) >= 11 is 0. The van der Waals surface area contributed by atoms with Crippen molar-refractivity contribution in [3.63, 3.8) is 0 Å². The third-order valence-electron chi connectivity index (χ3n) is 0.902. The summed E-state index contributed by atoms with van der Waals surface area (Å²) in [6.45, 7) is 1.36. The molecule has 0 aromatic rings. The molecule has 54 valence electrons. The number of carboxylic acid groups (broad SMARTS) is 2. The molecule has 0 aliphatic carbocycles. The van der Waals surface area contributed by atoms with Gasteiger partial charge in [-0.05, 0) is 0 Å². The van der Waals surface area contributed by atoms with Crippen molar-refractivity contribution in [2.24, 2.45) is 5.92 Å². The normalized spacial score (nSPS) is 11.3. The first kappa shape index (κ1) is 13.2. The molecule has 0 amide bonds. The number of hydrogen-bond donors (Lipinski definition) is 2. The second-order valence-corrected chi connectivity index (χ2v) is 1.84. The predicted octanol–water partition coefficient (Wildman–Crippen LogP) is -2.70. The maximum Gasteiger partial charge on any atom is 1.00 e. The third kappa shape index (κ3) is 6.69. The molecule has 0 fully saturated rings. The zero-order chi connectivity index (χ0) is 7.44. The second kappa shape index (κ2) is 6.30. The summed E-state index contributed by atoms with van der Waals surface area (Å²) in [5.41, 5.74) is 0. The summed E-state index contributed by atoms with van der Waals surface area (Å²) in [6.07, 6.45) is -0.310. The summed E-state index contributed by atoms with van der Waals surface area (Å²) < 4.78 is 0. The molecule has 10 heavy (non-hydrogen) atoms. The SMILES string of the molecule is CC(CC(=O)O)C(=O)O.[H-].[K+]. The molecule has 5 heteroatoms. The quantitative estimate of drug-likeness (QED) is 0.454. The molecule has 2 N–H and O–H groups in total. The van der Waals surface area contributed by atoms with Crippen molar-refractivity contribution in [3.05, 3.63) is 0 Å². The van der Waals surface area contributed by atoms with Gasteiger partial charge in [0, 0.05) is 0 Å². The minimum Gasteiger partial charge on any atom is -1.00 e. The Bertz CT molecular complexity index is 138. The minimum atomic E-state index is -1.08. The maximum atomic E-state index is 9.97. The first-order valence-electron chi connectivity index (χ1n) is 2.48. The largest absolute Gasteiger partial charge is 1.00 e. The van der Waals surface area contributed by atoms with Crippen molar-refractivity contribution in [1.29, 1.82) is 0 Å². The number of carboxylic acids is 2. The van der Waals surface area contributed by atoms with Crippen LogP contribution in [-0.2, 0) is 9.59 Å². The summed E-state index contributed by atoms with van der Waals surface area (Å²) in [4.78, 5) is 19.8. The summed E-state index contributed by atoms with van der Waals surface area (Å²) in [5.74, 6) is -2.94. The van der Waals surface area contributed by atoms with E-state index in [0.29, 0.717) is 0 Å². The molecule has 0 rings (SSSR count). The van der Waals surface area contributed by atoms with Gasteiger partial charge in [0.25, 0.3) is 0 Å². The van der Waals surface area contributed by atoms with E-state index in [-0.39, 0.29) is 59.2 Å². The van der Waals surface area contributed by atoms with Gasteiger partial charge in [-0.3, -0.25) is 9.59 Å². The third-order valence-corrected chi connectivity index (χ3v) is 0.902. The molecule has 0 aromatic heterocycles. The first-order chi connectivity index (χ1) is 4.04. The maximum absolute atomic E-state index is 9.97. The Kier molecular flexibility index (Phi) is 8.30. The summed E-state index contributed by atoms with van der Waals surface area (Å²) in [7, 11) is 0. The fourth-order valence-electron chi connectivity index (χ4n) is 0.349. The van der Waals surface area contributed by atoms with Crippen LogP contribution in [-0.4, -0.2) is 22.2 Å². The minimum absolute atomic E-state index is 0. The Morgan fingerprint density at radius 2 is 1.90 bits per heavy atom. The van der Waals surface area contributed by atoms with Crippen LogP contribution in [0.4, 0.5) is 0 Å². The van der Waals surface area contributed by atoms with Gasteiger partial charge >= 0.3 is 63.3 Å². The molecule has 0 aliphatic heterocycles. The number of rotatable bonds is 3. The molecule has 0 heterocycles. The molecule has 0 spiro atoms. The Morgan fingerprint density at radius 3 is 2.00 bits per heavy atom. The standard InChI is InChI=1S/C5H8O4.K.H/c1-3(5(8)9)2-4(6)7;;/h3H,2H2,1H3,(H,6,7)(H,8,9);;/q;+1;-1. The van der Waals surface area contributed by atoms with E-state index in [4.69, 9.17) is 10.2 Å². The van der Waals surface area contributed by atoms with E-state index in [0.717, 1.165) is 0 Å². The molecule has 0 aliphatic rings. The average Bonchev–Trinajstić information content (AvgIpc) is 1.63. The number of aliphatic carboxylic acids is 2. The molecule has 0 aromatic carbocycles. The fraction of sp³-hybridized carbons (Fsp3) is 0.600. The van der Waals surface area contributed by atoms with Crippen LogP contribution < -0.4 is 51.4 Å². The summed E-state index contributed by atoms with van der Waals surface area (Å²) in [5, 5.41) is 16.2. The van der Waals surface area contributed by atoms with Gasteiger partial charge in [-0.15, -0.1) is 0 Å². The van der Waals surface area contributed by atoms with Gasteiger partial charge in [-0.25, -0.2) is 0 Å². The van der Waals surface area contributed by atoms with Crippen LogP contribution in [0, 0.1) is 5.92 Å². The Labute approximate surface area is 103 Å². The monoisotopic (exact) mass is 172 g/mol. The van der Waals surface area contributed by atoms with Gasteiger partial charge in [0.15, 0.2) is 0 Å². The number of carbonyl (C=O) groups is 2. The smallest absolute Gasteiger partial charge is 1.00 e. The Hall–Kier alpha value is 0.576. The Morgan fingerprint density at radius 1 is 1.50 bits per heavy atom. The van der Waals surface area contributed by atoms with Crippen molar-refractivity contribution in [2.75, 3.05) is 0 Å². The van der Waals surface area contributed by atoms with Crippen LogP contribution in [0.2, 0.25) is 0 Å². The van der Waals surface area contributed by atoms with Gasteiger partial charge in [-0.2, -0.15) is 0 Å². The van der Waals surface area contributed by atoms with Gasteiger partial charge in [0.05, 0.1) is 12.3 Å². The predicted molar refractivity (Wildman–Crippen MR) is 30.2 cm³/mol. The van der Waals surface area contributed by atoms with Crippen molar-refractivity contribution < 1.29 is 72.6 Å². The molecule has 0 radical (unpaired) electrons. The Balaban J connectivity index is -0.000000320. The van der Waals surface area contributed by atoms with E-state index in [2.05, 4.69) is 0 Å². The molecule has 1 unspecified atom stereocenters.